The van der Waals surface area contributed by atoms with Crippen molar-refractivity contribution in [3.05, 3.63) is 60.2 Å². The molecule has 1 aliphatic rings. The third kappa shape index (κ3) is 3.83. The molecule has 2 aromatic rings. The van der Waals surface area contributed by atoms with Crippen molar-refractivity contribution in [1.29, 1.82) is 0 Å². The number of aliphatic hydroxyl groups excluding tert-OH is 1. The molecule has 1 saturated heterocycles. The van der Waals surface area contributed by atoms with Gasteiger partial charge in [0.05, 0.1) is 12.0 Å². The van der Waals surface area contributed by atoms with E-state index in [0.717, 1.165) is 5.56 Å². The molecule has 1 heterocycles. The van der Waals surface area contributed by atoms with Gasteiger partial charge < -0.3 is 9.84 Å². The Morgan fingerprint density at radius 2 is 1.82 bits per heavy atom. The van der Waals surface area contributed by atoms with Crippen LogP contribution in [0.15, 0.2) is 59.5 Å². The van der Waals surface area contributed by atoms with Gasteiger partial charge in [0.2, 0.25) is 0 Å². The Labute approximate surface area is 165 Å². The van der Waals surface area contributed by atoms with Crippen LogP contribution in [0.3, 0.4) is 0 Å². The van der Waals surface area contributed by atoms with E-state index in [9.17, 15) is 18.3 Å². The van der Waals surface area contributed by atoms with Crippen LogP contribution >= 0.6 is 0 Å². The minimum atomic E-state index is -3.99. The van der Waals surface area contributed by atoms with Gasteiger partial charge in [-0.3, -0.25) is 9.69 Å². The second-order valence-corrected chi connectivity index (χ2v) is 9.31. The molecule has 1 aliphatic heterocycles. The number of aliphatic hydroxyl groups is 1. The number of piperidine rings is 1. The highest BCUT2D eigenvalue weighted by molar-refractivity contribution is 7.93. The Balaban J connectivity index is 1.96. The fourth-order valence-corrected chi connectivity index (χ4v) is 5.88. The lowest BCUT2D eigenvalue weighted by Crippen LogP contribution is -2.58. The highest BCUT2D eigenvalue weighted by Gasteiger charge is 2.52. The highest BCUT2D eigenvalue weighted by Crippen LogP contribution is 2.36. The molecule has 3 rings (SSSR count). The molecule has 1 N–H and O–H groups in total. The zero-order chi connectivity index (χ0) is 20.2. The van der Waals surface area contributed by atoms with Crippen LogP contribution in [0.25, 0.3) is 0 Å². The number of hydrogen-bond acceptors (Lipinski definition) is 6. The van der Waals surface area contributed by atoms with Crippen LogP contribution in [0.4, 0.5) is 0 Å². The van der Waals surface area contributed by atoms with Gasteiger partial charge in [0.15, 0.2) is 15.6 Å². The maximum atomic E-state index is 13.5. The summed E-state index contributed by atoms with van der Waals surface area (Å²) in [5, 5.41) is 9.57. The third-order valence-electron chi connectivity index (χ3n) is 5.32. The summed E-state index contributed by atoms with van der Waals surface area (Å²) in [4.78, 5) is 14.8. The molecule has 2 aromatic carbocycles. The summed E-state index contributed by atoms with van der Waals surface area (Å²) in [5.41, 5.74) is 1.05. The monoisotopic (exact) mass is 403 g/mol. The number of methoxy groups -OCH3 is 1. The number of sulfone groups is 1. The molecule has 0 aromatic heterocycles. The van der Waals surface area contributed by atoms with Gasteiger partial charge in [-0.25, -0.2) is 8.42 Å². The van der Waals surface area contributed by atoms with E-state index in [0.29, 0.717) is 25.3 Å². The van der Waals surface area contributed by atoms with E-state index >= 15 is 0 Å². The molecule has 1 fully saturated rings. The average Bonchev–Trinajstić information content (AvgIpc) is 2.74. The largest absolute Gasteiger partial charge is 0.497 e. The Kier molecular flexibility index (Phi) is 6.17. The maximum absolute atomic E-state index is 13.5. The second-order valence-electron chi connectivity index (χ2n) is 7.05. The van der Waals surface area contributed by atoms with E-state index in [-0.39, 0.29) is 17.9 Å². The smallest absolute Gasteiger partial charge is 0.192 e. The van der Waals surface area contributed by atoms with Gasteiger partial charge in [0, 0.05) is 13.1 Å². The molecule has 0 saturated carbocycles. The minimum absolute atomic E-state index is 0.0651. The summed E-state index contributed by atoms with van der Waals surface area (Å²) in [5.74, 6) is -0.114. The van der Waals surface area contributed by atoms with Crippen LogP contribution in [0.2, 0.25) is 0 Å². The molecule has 0 amide bonds. The molecule has 0 bridgehead atoms. The standard InChI is InChI=1S/C21H25NO5S/c1-27-18-8-10-19(11-9-18)28(25,26)21(20(24)15-23)12-5-13-22(16-21)14-17-6-3-2-4-7-17/h2-4,6-11,23H,5,12-16H2,1H3. The van der Waals surface area contributed by atoms with Crippen molar-refractivity contribution < 1.29 is 23.1 Å². The fourth-order valence-electron chi connectivity index (χ4n) is 3.81. The summed E-state index contributed by atoms with van der Waals surface area (Å²) in [6, 6.07) is 15.8. The van der Waals surface area contributed by atoms with E-state index in [2.05, 4.69) is 0 Å². The molecule has 7 heteroatoms. The van der Waals surface area contributed by atoms with Crippen molar-refractivity contribution in [2.24, 2.45) is 0 Å². The Morgan fingerprint density at radius 3 is 2.43 bits per heavy atom. The maximum Gasteiger partial charge on any atom is 0.192 e. The zero-order valence-corrected chi connectivity index (χ0v) is 16.7. The highest BCUT2D eigenvalue weighted by atomic mass is 32.2. The summed E-state index contributed by atoms with van der Waals surface area (Å²) >= 11 is 0. The summed E-state index contributed by atoms with van der Waals surface area (Å²) in [6.45, 7) is 0.525. The van der Waals surface area contributed by atoms with E-state index in [1.807, 2.05) is 35.2 Å². The van der Waals surface area contributed by atoms with Gasteiger partial charge in [-0.1, -0.05) is 30.3 Å². The van der Waals surface area contributed by atoms with Crippen LogP contribution in [-0.2, 0) is 21.2 Å². The number of carbonyl (C=O) groups excluding carboxylic acids is 1. The van der Waals surface area contributed by atoms with Crippen LogP contribution in [0.5, 0.6) is 5.75 Å². The van der Waals surface area contributed by atoms with Gasteiger partial charge in [0.25, 0.3) is 0 Å². The van der Waals surface area contributed by atoms with Crippen LogP contribution in [0, 0.1) is 0 Å². The number of carbonyl (C=O) groups is 1. The minimum Gasteiger partial charge on any atom is -0.497 e. The van der Waals surface area contributed by atoms with Crippen molar-refractivity contribution in [3.63, 3.8) is 0 Å². The molecule has 6 nitrogen and oxygen atoms in total. The molecular weight excluding hydrogens is 378 g/mol. The van der Waals surface area contributed by atoms with Gasteiger partial charge in [-0.05, 0) is 49.2 Å². The number of likely N-dealkylation sites (tertiary alicyclic amines) is 1. The first-order valence-electron chi connectivity index (χ1n) is 9.22. The number of benzene rings is 2. The summed E-state index contributed by atoms with van der Waals surface area (Å²) in [6.07, 6.45) is 0.764. The molecule has 0 radical (unpaired) electrons. The van der Waals surface area contributed by atoms with E-state index < -0.39 is 27.0 Å². The summed E-state index contributed by atoms with van der Waals surface area (Å²) < 4.78 is 30.5. The molecule has 150 valence electrons. The number of ether oxygens (including phenoxy) is 1. The van der Waals surface area contributed by atoms with E-state index in [1.165, 1.54) is 19.2 Å². The SMILES string of the molecule is COc1ccc(S(=O)(=O)C2(C(=O)CO)CCCN(Cc3ccccc3)C2)cc1. The molecule has 1 atom stereocenters. The number of ketones is 1. The third-order valence-corrected chi connectivity index (χ3v) is 7.80. The van der Waals surface area contributed by atoms with Crippen molar-refractivity contribution in [2.45, 2.75) is 29.0 Å². The normalized spacial score (nSPS) is 20.6. The average molecular weight is 404 g/mol. The zero-order valence-electron chi connectivity index (χ0n) is 15.9. The Hall–Kier alpha value is -2.22. The molecule has 0 aliphatic carbocycles. The molecule has 28 heavy (non-hydrogen) atoms. The Bertz CT molecular complexity index is 912. The van der Waals surface area contributed by atoms with Crippen LogP contribution < -0.4 is 4.74 Å². The first kappa shape index (κ1) is 20.5. The number of rotatable bonds is 7. The molecule has 1 unspecified atom stereocenters. The van der Waals surface area contributed by atoms with Gasteiger partial charge in [-0.15, -0.1) is 0 Å². The first-order valence-corrected chi connectivity index (χ1v) is 10.7. The topological polar surface area (TPSA) is 83.9 Å². The predicted octanol–water partition coefficient (Wildman–Crippen LogP) is 2.07. The number of hydrogen-bond donors (Lipinski definition) is 1. The lowest BCUT2D eigenvalue weighted by Gasteiger charge is -2.40. The van der Waals surface area contributed by atoms with Gasteiger partial charge in [0.1, 0.15) is 17.1 Å². The molecule has 0 spiro atoms. The van der Waals surface area contributed by atoms with Crippen molar-refractivity contribution in [1.82, 2.24) is 4.90 Å². The lowest BCUT2D eigenvalue weighted by atomic mass is 9.92. The Morgan fingerprint density at radius 1 is 1.14 bits per heavy atom. The van der Waals surface area contributed by atoms with E-state index in [1.54, 1.807) is 12.1 Å². The van der Waals surface area contributed by atoms with E-state index in [4.69, 9.17) is 4.74 Å². The fraction of sp³-hybridized carbons (Fsp3) is 0.381. The van der Waals surface area contributed by atoms with Crippen molar-refractivity contribution in [2.75, 3.05) is 26.8 Å². The number of Topliss-reactive ketones (excluding diaryl/α,β-unsaturated/α-hetero) is 1. The van der Waals surface area contributed by atoms with Gasteiger partial charge in [-0.2, -0.15) is 0 Å². The van der Waals surface area contributed by atoms with Crippen LogP contribution in [0.1, 0.15) is 18.4 Å². The van der Waals surface area contributed by atoms with Crippen LogP contribution in [-0.4, -0.2) is 55.8 Å². The second kappa shape index (κ2) is 8.43. The van der Waals surface area contributed by atoms with Crippen molar-refractivity contribution >= 4 is 15.6 Å². The number of nitrogens with zero attached hydrogens (tertiary/aromatic N) is 1. The first-order chi connectivity index (χ1) is 13.4. The van der Waals surface area contributed by atoms with Gasteiger partial charge >= 0.3 is 0 Å². The summed E-state index contributed by atoms with van der Waals surface area (Å²) in [7, 11) is -2.49. The predicted molar refractivity (Wildman–Crippen MR) is 106 cm³/mol. The molecular formula is C21H25NO5S. The van der Waals surface area contributed by atoms with Crippen molar-refractivity contribution in [3.8, 4) is 5.75 Å². The quantitative estimate of drug-likeness (QED) is 0.762. The lowest BCUT2D eigenvalue weighted by molar-refractivity contribution is -0.125.